The van der Waals surface area contributed by atoms with Crippen LogP contribution >= 0.6 is 0 Å². The quantitative estimate of drug-likeness (QED) is 0.876. The minimum Gasteiger partial charge on any atom is -0.396 e. The maximum atomic E-state index is 12.7. The second-order valence-corrected chi connectivity index (χ2v) is 5.83. The van der Waals surface area contributed by atoms with Crippen LogP contribution in [0.25, 0.3) is 0 Å². The fourth-order valence-corrected chi connectivity index (χ4v) is 3.06. The molecule has 1 saturated heterocycles. The van der Waals surface area contributed by atoms with Gasteiger partial charge in [-0.05, 0) is 62.8 Å². The van der Waals surface area contributed by atoms with Gasteiger partial charge in [0.25, 0.3) is 5.91 Å². The average Bonchev–Trinajstić information content (AvgIpc) is 2.48. The van der Waals surface area contributed by atoms with E-state index in [1.807, 2.05) is 30.0 Å². The molecular weight excluding hydrogens is 264 g/mol. The normalized spacial score (nSPS) is 18.6. The van der Waals surface area contributed by atoms with Gasteiger partial charge in [-0.3, -0.25) is 4.79 Å². The highest BCUT2D eigenvalue weighted by molar-refractivity contribution is 5.96. The van der Waals surface area contributed by atoms with E-state index in [-0.39, 0.29) is 12.5 Å². The summed E-state index contributed by atoms with van der Waals surface area (Å²) >= 11 is 0. The molecule has 4 nitrogen and oxygen atoms in total. The minimum atomic E-state index is 0.123. The summed E-state index contributed by atoms with van der Waals surface area (Å²) in [4.78, 5) is 14.6. The number of hydrogen-bond acceptors (Lipinski definition) is 3. The van der Waals surface area contributed by atoms with Gasteiger partial charge in [-0.2, -0.15) is 0 Å². The first kappa shape index (κ1) is 15.8. The molecule has 1 aliphatic heterocycles. The van der Waals surface area contributed by atoms with Gasteiger partial charge in [0.05, 0.1) is 0 Å². The van der Waals surface area contributed by atoms with E-state index in [4.69, 9.17) is 5.11 Å². The zero-order valence-electron chi connectivity index (χ0n) is 13.1. The Hall–Kier alpha value is -1.55. The van der Waals surface area contributed by atoms with Crippen LogP contribution in [-0.4, -0.2) is 42.2 Å². The Balaban J connectivity index is 2.08. The van der Waals surface area contributed by atoms with Gasteiger partial charge in [-0.25, -0.2) is 0 Å². The van der Waals surface area contributed by atoms with Crippen molar-refractivity contribution >= 4 is 11.6 Å². The molecule has 2 rings (SSSR count). The third kappa shape index (κ3) is 3.97. The van der Waals surface area contributed by atoms with E-state index < -0.39 is 0 Å². The maximum absolute atomic E-state index is 12.7. The molecule has 1 fully saturated rings. The number of anilines is 1. The zero-order chi connectivity index (χ0) is 15.2. The summed E-state index contributed by atoms with van der Waals surface area (Å²) in [5.74, 6) is 0.562. The number of hydrogen-bond donors (Lipinski definition) is 2. The lowest BCUT2D eigenvalue weighted by Gasteiger charge is -2.33. The summed E-state index contributed by atoms with van der Waals surface area (Å²) < 4.78 is 0. The van der Waals surface area contributed by atoms with Crippen molar-refractivity contribution in [2.24, 2.45) is 5.92 Å². The van der Waals surface area contributed by atoms with Crippen LogP contribution in [0.4, 0.5) is 5.69 Å². The Morgan fingerprint density at radius 3 is 2.95 bits per heavy atom. The highest BCUT2D eigenvalue weighted by Crippen LogP contribution is 2.23. The Morgan fingerprint density at radius 2 is 2.29 bits per heavy atom. The van der Waals surface area contributed by atoms with Gasteiger partial charge in [0.1, 0.15) is 0 Å². The van der Waals surface area contributed by atoms with Crippen LogP contribution in [0.5, 0.6) is 0 Å². The van der Waals surface area contributed by atoms with E-state index in [0.717, 1.165) is 55.7 Å². The molecule has 116 valence electrons. The number of carbonyl (C=O) groups excluding carboxylic acids is 1. The van der Waals surface area contributed by atoms with Crippen LogP contribution in [0.2, 0.25) is 0 Å². The average molecular weight is 290 g/mol. The minimum absolute atomic E-state index is 0.123. The van der Waals surface area contributed by atoms with Gasteiger partial charge in [-0.15, -0.1) is 0 Å². The Morgan fingerprint density at radius 1 is 1.48 bits per heavy atom. The first-order valence-electron chi connectivity index (χ1n) is 7.90. The molecule has 0 aliphatic carbocycles. The molecule has 0 saturated carbocycles. The molecular formula is C17H26N2O2. The van der Waals surface area contributed by atoms with Crippen LogP contribution in [0.15, 0.2) is 18.2 Å². The summed E-state index contributed by atoms with van der Waals surface area (Å²) in [5, 5.41) is 12.3. The van der Waals surface area contributed by atoms with Crippen molar-refractivity contribution in [3.63, 3.8) is 0 Å². The zero-order valence-corrected chi connectivity index (χ0v) is 13.1. The third-order valence-corrected chi connectivity index (χ3v) is 4.18. The SMILES string of the molecule is CCNc1ccc(C(=O)N2CCCC(CCO)C2)c(C)c1. The predicted molar refractivity (Wildman–Crippen MR) is 85.7 cm³/mol. The van der Waals surface area contributed by atoms with Crippen molar-refractivity contribution in [1.29, 1.82) is 0 Å². The molecule has 1 heterocycles. The number of benzene rings is 1. The van der Waals surface area contributed by atoms with Crippen molar-refractivity contribution in [2.45, 2.75) is 33.1 Å². The number of amides is 1. The van der Waals surface area contributed by atoms with E-state index in [9.17, 15) is 4.79 Å². The molecule has 4 heteroatoms. The highest BCUT2D eigenvalue weighted by atomic mass is 16.3. The van der Waals surface area contributed by atoms with E-state index in [2.05, 4.69) is 12.2 Å². The number of likely N-dealkylation sites (tertiary alicyclic amines) is 1. The van der Waals surface area contributed by atoms with Crippen molar-refractivity contribution in [1.82, 2.24) is 4.90 Å². The number of rotatable bonds is 5. The monoisotopic (exact) mass is 290 g/mol. The first-order valence-corrected chi connectivity index (χ1v) is 7.90. The predicted octanol–water partition coefficient (Wildman–Crippen LogP) is 2.66. The van der Waals surface area contributed by atoms with Crippen LogP contribution in [-0.2, 0) is 0 Å². The molecule has 0 radical (unpaired) electrons. The third-order valence-electron chi connectivity index (χ3n) is 4.18. The van der Waals surface area contributed by atoms with Gasteiger partial charge < -0.3 is 15.3 Å². The largest absolute Gasteiger partial charge is 0.396 e. The topological polar surface area (TPSA) is 52.6 Å². The number of carbonyl (C=O) groups is 1. The van der Waals surface area contributed by atoms with Gasteiger partial charge in [0, 0.05) is 37.5 Å². The van der Waals surface area contributed by atoms with E-state index >= 15 is 0 Å². The summed E-state index contributed by atoms with van der Waals surface area (Å²) in [6.07, 6.45) is 2.94. The highest BCUT2D eigenvalue weighted by Gasteiger charge is 2.24. The fraction of sp³-hybridized carbons (Fsp3) is 0.588. The number of aliphatic hydroxyl groups excluding tert-OH is 1. The molecule has 1 atom stereocenters. The standard InChI is InChI=1S/C17H26N2O2/c1-3-18-15-6-7-16(13(2)11-15)17(21)19-9-4-5-14(12-19)8-10-20/h6-7,11,14,18,20H,3-5,8-10,12H2,1-2H3. The van der Waals surface area contributed by atoms with Crippen LogP contribution in [0.1, 0.15) is 42.1 Å². The molecule has 1 aromatic rings. The summed E-state index contributed by atoms with van der Waals surface area (Å²) in [6.45, 7) is 6.74. The Bertz CT molecular complexity index is 486. The molecule has 0 bridgehead atoms. The molecule has 2 N–H and O–H groups in total. The Kier molecular flexibility index (Phi) is 5.62. The lowest BCUT2D eigenvalue weighted by molar-refractivity contribution is 0.0653. The molecule has 21 heavy (non-hydrogen) atoms. The molecule has 0 aromatic heterocycles. The summed E-state index contributed by atoms with van der Waals surface area (Å²) in [7, 11) is 0. The van der Waals surface area contributed by atoms with Crippen LogP contribution < -0.4 is 5.32 Å². The number of nitrogens with zero attached hydrogens (tertiary/aromatic N) is 1. The lowest BCUT2D eigenvalue weighted by atomic mass is 9.94. The molecule has 1 aliphatic rings. The van der Waals surface area contributed by atoms with Crippen molar-refractivity contribution in [2.75, 3.05) is 31.6 Å². The summed E-state index contributed by atoms with van der Waals surface area (Å²) in [5.41, 5.74) is 2.87. The molecule has 0 spiro atoms. The van der Waals surface area contributed by atoms with Gasteiger partial charge in [-0.1, -0.05) is 0 Å². The molecule has 1 unspecified atom stereocenters. The number of aliphatic hydroxyl groups is 1. The number of nitrogens with one attached hydrogen (secondary N) is 1. The second kappa shape index (κ2) is 7.46. The van der Waals surface area contributed by atoms with Gasteiger partial charge in [0.2, 0.25) is 0 Å². The van der Waals surface area contributed by atoms with Crippen LogP contribution in [0, 0.1) is 12.8 Å². The smallest absolute Gasteiger partial charge is 0.254 e. The van der Waals surface area contributed by atoms with E-state index in [1.165, 1.54) is 0 Å². The Labute approximate surface area is 127 Å². The summed E-state index contributed by atoms with van der Waals surface area (Å²) in [6, 6.07) is 5.93. The van der Waals surface area contributed by atoms with Crippen molar-refractivity contribution in [3.8, 4) is 0 Å². The fourth-order valence-electron chi connectivity index (χ4n) is 3.06. The van der Waals surface area contributed by atoms with Gasteiger partial charge in [0.15, 0.2) is 0 Å². The maximum Gasteiger partial charge on any atom is 0.254 e. The molecule has 1 amide bonds. The second-order valence-electron chi connectivity index (χ2n) is 5.83. The van der Waals surface area contributed by atoms with Crippen LogP contribution in [0.3, 0.4) is 0 Å². The van der Waals surface area contributed by atoms with E-state index in [0.29, 0.717) is 5.92 Å². The lowest BCUT2D eigenvalue weighted by Crippen LogP contribution is -2.40. The van der Waals surface area contributed by atoms with Crippen molar-refractivity contribution in [3.05, 3.63) is 29.3 Å². The molecule has 1 aromatic carbocycles. The van der Waals surface area contributed by atoms with Gasteiger partial charge >= 0.3 is 0 Å². The first-order chi connectivity index (χ1) is 10.2. The van der Waals surface area contributed by atoms with E-state index in [1.54, 1.807) is 0 Å². The number of aryl methyl sites for hydroxylation is 1. The van der Waals surface area contributed by atoms with Crippen molar-refractivity contribution < 1.29 is 9.90 Å². The number of piperidine rings is 1.